The fourth-order valence-electron chi connectivity index (χ4n) is 2.58. The van der Waals surface area contributed by atoms with Gasteiger partial charge in [0.05, 0.1) is 18.0 Å². The molecular formula is C17H18N4O2. The highest BCUT2D eigenvalue weighted by Gasteiger charge is 2.14. The van der Waals surface area contributed by atoms with E-state index in [0.29, 0.717) is 22.5 Å². The lowest BCUT2D eigenvalue weighted by molar-refractivity contribution is 0.404. The zero-order valence-electron chi connectivity index (χ0n) is 13.3. The van der Waals surface area contributed by atoms with Gasteiger partial charge >= 0.3 is 0 Å². The van der Waals surface area contributed by atoms with Gasteiger partial charge in [-0.3, -0.25) is 0 Å². The van der Waals surface area contributed by atoms with E-state index in [1.54, 1.807) is 7.11 Å². The molecule has 6 heteroatoms. The molecule has 3 aromatic rings. The van der Waals surface area contributed by atoms with Crippen molar-refractivity contribution in [3.63, 3.8) is 0 Å². The van der Waals surface area contributed by atoms with Gasteiger partial charge in [0.1, 0.15) is 23.1 Å². The number of rotatable bonds is 3. The quantitative estimate of drug-likeness (QED) is 0.771. The molecule has 0 bridgehead atoms. The van der Waals surface area contributed by atoms with Crippen LogP contribution in [0.25, 0.3) is 10.9 Å². The third-order valence-corrected chi connectivity index (χ3v) is 3.72. The third-order valence-electron chi connectivity index (χ3n) is 3.72. The van der Waals surface area contributed by atoms with Crippen LogP contribution >= 0.6 is 0 Å². The second kappa shape index (κ2) is 5.64. The van der Waals surface area contributed by atoms with Crippen LogP contribution in [0.15, 0.2) is 30.3 Å². The van der Waals surface area contributed by atoms with Crippen LogP contribution in [-0.4, -0.2) is 17.1 Å². The number of aromatic nitrogens is 2. The molecule has 0 saturated heterocycles. The first kappa shape index (κ1) is 14.9. The number of nitrogens with two attached hydrogens (primary N) is 2. The summed E-state index contributed by atoms with van der Waals surface area (Å²) in [6, 6.07) is 9.36. The van der Waals surface area contributed by atoms with Gasteiger partial charge in [0.25, 0.3) is 0 Å². The molecule has 6 nitrogen and oxygen atoms in total. The summed E-state index contributed by atoms with van der Waals surface area (Å²) in [5.41, 5.74) is 14.2. The summed E-state index contributed by atoms with van der Waals surface area (Å²) in [7, 11) is 1.63. The third kappa shape index (κ3) is 2.59. The van der Waals surface area contributed by atoms with Crippen molar-refractivity contribution in [1.82, 2.24) is 9.97 Å². The average Bonchev–Trinajstić information content (AvgIpc) is 2.51. The summed E-state index contributed by atoms with van der Waals surface area (Å²) in [6.45, 7) is 3.93. The lowest BCUT2D eigenvalue weighted by Gasteiger charge is -2.16. The summed E-state index contributed by atoms with van der Waals surface area (Å²) in [5.74, 6) is 2.51. The highest BCUT2D eigenvalue weighted by Crippen LogP contribution is 2.38. The number of nitrogens with zero attached hydrogens (tertiary/aromatic N) is 2. The number of aryl methyl sites for hydroxylation is 1. The molecule has 0 saturated carbocycles. The van der Waals surface area contributed by atoms with E-state index < -0.39 is 0 Å². The van der Waals surface area contributed by atoms with Crippen LogP contribution < -0.4 is 20.9 Å². The predicted molar refractivity (Wildman–Crippen MR) is 90.9 cm³/mol. The van der Waals surface area contributed by atoms with E-state index in [0.717, 1.165) is 22.6 Å². The summed E-state index contributed by atoms with van der Waals surface area (Å²) in [5, 5.41) is 0.642. The van der Waals surface area contributed by atoms with Gasteiger partial charge in [-0.2, -0.15) is 4.98 Å². The minimum atomic E-state index is 0.140. The van der Waals surface area contributed by atoms with Crippen molar-refractivity contribution in [1.29, 1.82) is 0 Å². The monoisotopic (exact) mass is 310 g/mol. The highest BCUT2D eigenvalue weighted by molar-refractivity contribution is 5.94. The molecule has 0 spiro atoms. The summed E-state index contributed by atoms with van der Waals surface area (Å²) >= 11 is 0. The Hall–Kier alpha value is -3.02. The van der Waals surface area contributed by atoms with Crippen molar-refractivity contribution >= 4 is 22.7 Å². The molecular weight excluding hydrogens is 292 g/mol. The Morgan fingerprint density at radius 1 is 0.957 bits per heavy atom. The first-order valence-corrected chi connectivity index (χ1v) is 7.15. The average molecular weight is 310 g/mol. The summed E-state index contributed by atoms with van der Waals surface area (Å²) < 4.78 is 11.5. The maximum atomic E-state index is 6.14. The van der Waals surface area contributed by atoms with Crippen LogP contribution in [0.1, 0.15) is 11.1 Å². The van der Waals surface area contributed by atoms with Crippen molar-refractivity contribution in [2.75, 3.05) is 18.6 Å². The molecule has 0 amide bonds. The molecule has 23 heavy (non-hydrogen) atoms. The van der Waals surface area contributed by atoms with Crippen LogP contribution in [-0.2, 0) is 0 Å². The van der Waals surface area contributed by atoms with Crippen molar-refractivity contribution in [3.8, 4) is 17.2 Å². The predicted octanol–water partition coefficient (Wildman–Crippen LogP) is 3.21. The van der Waals surface area contributed by atoms with Crippen molar-refractivity contribution in [2.45, 2.75) is 13.8 Å². The maximum Gasteiger partial charge on any atom is 0.222 e. The summed E-state index contributed by atoms with van der Waals surface area (Å²) in [4.78, 5) is 8.22. The topological polar surface area (TPSA) is 96.3 Å². The van der Waals surface area contributed by atoms with Gasteiger partial charge in [0.15, 0.2) is 0 Å². The largest absolute Gasteiger partial charge is 0.496 e. The Morgan fingerprint density at radius 3 is 2.48 bits per heavy atom. The molecule has 3 rings (SSSR count). The first-order chi connectivity index (χ1) is 11.0. The van der Waals surface area contributed by atoms with E-state index in [4.69, 9.17) is 20.9 Å². The second-order valence-electron chi connectivity index (χ2n) is 5.26. The van der Waals surface area contributed by atoms with E-state index in [2.05, 4.69) is 9.97 Å². The molecule has 118 valence electrons. The molecule has 0 radical (unpaired) electrons. The Balaban J connectivity index is 2.17. The number of methoxy groups -OCH3 is 1. The van der Waals surface area contributed by atoms with Gasteiger partial charge in [-0.15, -0.1) is 0 Å². The number of hydrogen-bond acceptors (Lipinski definition) is 6. The Morgan fingerprint density at radius 2 is 1.74 bits per heavy atom. The van der Waals surface area contributed by atoms with Crippen molar-refractivity contribution in [3.05, 3.63) is 41.5 Å². The van der Waals surface area contributed by atoms with E-state index in [1.807, 2.05) is 44.2 Å². The number of fused-ring (bicyclic) bond motifs is 1. The lowest BCUT2D eigenvalue weighted by Crippen LogP contribution is -2.02. The van der Waals surface area contributed by atoms with E-state index >= 15 is 0 Å². The molecule has 0 aliphatic heterocycles. The standard InChI is InChI=1S/C17H18N4O2/c1-9-7-8-12(22-3)10(2)15(9)23-13-6-4-5-11-14(13)16(18)21-17(19)20-11/h4-8H,1-3H3,(H4,18,19,20,21). The second-order valence-corrected chi connectivity index (χ2v) is 5.26. The maximum absolute atomic E-state index is 6.14. The summed E-state index contributed by atoms with van der Waals surface area (Å²) in [6.07, 6.45) is 0. The lowest BCUT2D eigenvalue weighted by atomic mass is 10.1. The molecule has 0 atom stereocenters. The van der Waals surface area contributed by atoms with Gasteiger partial charge in [0, 0.05) is 5.56 Å². The molecule has 1 aromatic heterocycles. The molecule has 0 unspecified atom stereocenters. The minimum Gasteiger partial charge on any atom is -0.496 e. The minimum absolute atomic E-state index is 0.140. The van der Waals surface area contributed by atoms with E-state index in [9.17, 15) is 0 Å². The van der Waals surface area contributed by atoms with Gasteiger partial charge in [0.2, 0.25) is 5.95 Å². The van der Waals surface area contributed by atoms with Gasteiger partial charge in [-0.1, -0.05) is 12.1 Å². The van der Waals surface area contributed by atoms with E-state index in [1.165, 1.54) is 0 Å². The van der Waals surface area contributed by atoms with Crippen LogP contribution in [0, 0.1) is 13.8 Å². The SMILES string of the molecule is COc1ccc(C)c(Oc2cccc3nc(N)nc(N)c23)c1C. The van der Waals surface area contributed by atoms with Crippen LogP contribution in [0.3, 0.4) is 0 Å². The fraction of sp³-hybridized carbons (Fsp3) is 0.176. The van der Waals surface area contributed by atoms with Crippen molar-refractivity contribution in [2.24, 2.45) is 0 Å². The normalized spacial score (nSPS) is 10.7. The Labute approximate surface area is 134 Å². The zero-order chi connectivity index (χ0) is 16.6. The zero-order valence-corrected chi connectivity index (χ0v) is 13.3. The number of ether oxygens (including phenoxy) is 2. The molecule has 0 aliphatic rings. The molecule has 0 aliphatic carbocycles. The number of hydrogen-bond donors (Lipinski definition) is 2. The smallest absolute Gasteiger partial charge is 0.222 e. The van der Waals surface area contributed by atoms with E-state index in [-0.39, 0.29) is 5.95 Å². The van der Waals surface area contributed by atoms with Crippen molar-refractivity contribution < 1.29 is 9.47 Å². The van der Waals surface area contributed by atoms with Gasteiger partial charge < -0.3 is 20.9 Å². The fourth-order valence-corrected chi connectivity index (χ4v) is 2.58. The van der Waals surface area contributed by atoms with Gasteiger partial charge in [-0.05, 0) is 37.6 Å². The Kier molecular flexibility index (Phi) is 3.65. The molecule has 2 aromatic carbocycles. The molecule has 4 N–H and O–H groups in total. The van der Waals surface area contributed by atoms with Crippen LogP contribution in [0.5, 0.6) is 17.2 Å². The Bertz CT molecular complexity index is 893. The van der Waals surface area contributed by atoms with Gasteiger partial charge in [-0.25, -0.2) is 4.98 Å². The molecule has 1 heterocycles. The van der Waals surface area contributed by atoms with Crippen LogP contribution in [0.4, 0.5) is 11.8 Å². The number of benzene rings is 2. The van der Waals surface area contributed by atoms with Crippen LogP contribution in [0.2, 0.25) is 0 Å². The molecule has 0 fully saturated rings. The highest BCUT2D eigenvalue weighted by atomic mass is 16.5. The first-order valence-electron chi connectivity index (χ1n) is 7.15. The number of nitrogen functional groups attached to an aromatic ring is 2. The number of anilines is 2.